The van der Waals surface area contributed by atoms with Crippen LogP contribution in [0.5, 0.6) is 0 Å². The lowest BCUT2D eigenvalue weighted by molar-refractivity contribution is 0.0904. The Morgan fingerprint density at radius 1 is 1.11 bits per heavy atom. The molecule has 0 amide bonds. The second kappa shape index (κ2) is 5.23. The summed E-state index contributed by atoms with van der Waals surface area (Å²) in [5.74, 6) is 0.799. The number of benzene rings is 1. The summed E-state index contributed by atoms with van der Waals surface area (Å²) >= 11 is 0. The molecule has 4 nitrogen and oxygen atoms in total. The summed E-state index contributed by atoms with van der Waals surface area (Å²) in [4.78, 5) is 3.92. The van der Waals surface area contributed by atoms with Gasteiger partial charge in [-0.1, -0.05) is 0 Å². The van der Waals surface area contributed by atoms with Gasteiger partial charge >= 0.3 is 0 Å². The lowest BCUT2D eigenvalue weighted by Gasteiger charge is -2.24. The summed E-state index contributed by atoms with van der Waals surface area (Å²) in [6.07, 6.45) is 5.32. The predicted octanol–water partition coefficient (Wildman–Crippen LogP) is 2.93. The third-order valence-electron chi connectivity index (χ3n) is 3.19. The summed E-state index contributed by atoms with van der Waals surface area (Å²) in [5.41, 5.74) is 2.19. The molecule has 0 bridgehead atoms. The maximum atomic E-state index is 5.35. The topological polar surface area (TPSA) is 47.3 Å². The molecule has 0 atom stereocenters. The van der Waals surface area contributed by atoms with Gasteiger partial charge in [-0.05, 0) is 37.1 Å². The third-order valence-corrected chi connectivity index (χ3v) is 3.19. The van der Waals surface area contributed by atoms with Gasteiger partial charge in [-0.25, -0.2) is 4.98 Å². The van der Waals surface area contributed by atoms with Gasteiger partial charge in [0.25, 0.3) is 0 Å². The highest BCUT2D eigenvalue weighted by molar-refractivity contribution is 5.60. The van der Waals surface area contributed by atoms with Crippen LogP contribution in [0, 0.1) is 0 Å². The highest BCUT2D eigenvalue weighted by Crippen LogP contribution is 2.22. The molecule has 1 aliphatic rings. The van der Waals surface area contributed by atoms with Gasteiger partial charge in [-0.2, -0.15) is 0 Å². The fourth-order valence-electron chi connectivity index (χ4n) is 2.17. The first kappa shape index (κ1) is 11.3. The molecule has 1 aromatic heterocycles. The molecule has 1 aliphatic heterocycles. The monoisotopic (exact) mass is 244 g/mol. The quantitative estimate of drug-likeness (QED) is 0.901. The van der Waals surface area contributed by atoms with Crippen LogP contribution in [-0.4, -0.2) is 24.2 Å². The van der Waals surface area contributed by atoms with E-state index in [1.807, 2.05) is 12.1 Å². The Bertz CT molecular complexity index is 473. The number of anilines is 1. The van der Waals surface area contributed by atoms with Crippen LogP contribution < -0.4 is 5.32 Å². The number of nitrogens with zero attached hydrogens (tertiary/aromatic N) is 1. The van der Waals surface area contributed by atoms with Crippen molar-refractivity contribution in [2.45, 2.75) is 18.9 Å². The van der Waals surface area contributed by atoms with E-state index in [2.05, 4.69) is 22.4 Å². The maximum absolute atomic E-state index is 5.35. The molecule has 0 unspecified atom stereocenters. The minimum atomic E-state index is 0.523. The third kappa shape index (κ3) is 2.54. The van der Waals surface area contributed by atoms with Gasteiger partial charge in [0.2, 0.25) is 0 Å². The van der Waals surface area contributed by atoms with Crippen molar-refractivity contribution in [1.82, 2.24) is 4.98 Å². The van der Waals surface area contributed by atoms with Crippen molar-refractivity contribution in [3.8, 4) is 11.3 Å². The maximum Gasteiger partial charge on any atom is 0.181 e. The summed E-state index contributed by atoms with van der Waals surface area (Å²) in [6.45, 7) is 1.71. The fourth-order valence-corrected chi connectivity index (χ4v) is 2.17. The molecule has 94 valence electrons. The minimum Gasteiger partial charge on any atom is -0.444 e. The smallest absolute Gasteiger partial charge is 0.181 e. The predicted molar refractivity (Wildman–Crippen MR) is 69.4 cm³/mol. The van der Waals surface area contributed by atoms with Gasteiger partial charge in [0.15, 0.2) is 12.2 Å². The van der Waals surface area contributed by atoms with Gasteiger partial charge in [0.1, 0.15) is 0 Å². The highest BCUT2D eigenvalue weighted by atomic mass is 16.5. The molecule has 3 rings (SSSR count). The van der Waals surface area contributed by atoms with Crippen LogP contribution in [0.2, 0.25) is 0 Å². The van der Waals surface area contributed by atoms with E-state index in [-0.39, 0.29) is 0 Å². The molecule has 1 saturated heterocycles. The Hall–Kier alpha value is -1.81. The Morgan fingerprint density at radius 2 is 1.89 bits per heavy atom. The summed E-state index contributed by atoms with van der Waals surface area (Å²) in [6, 6.07) is 8.76. The SMILES string of the molecule is c1ncc(-c2ccc(NC3CCOCC3)cc2)o1. The van der Waals surface area contributed by atoms with Crippen LogP contribution in [0.25, 0.3) is 11.3 Å². The zero-order valence-electron chi connectivity index (χ0n) is 10.1. The number of rotatable bonds is 3. The van der Waals surface area contributed by atoms with E-state index in [1.54, 1.807) is 6.20 Å². The second-order valence-electron chi connectivity index (χ2n) is 4.47. The van der Waals surface area contributed by atoms with E-state index >= 15 is 0 Å². The molecular formula is C14H16N2O2. The first-order valence-electron chi connectivity index (χ1n) is 6.25. The molecule has 1 aromatic carbocycles. The van der Waals surface area contributed by atoms with Gasteiger partial charge in [0.05, 0.1) is 6.20 Å². The van der Waals surface area contributed by atoms with Crippen LogP contribution in [0.1, 0.15) is 12.8 Å². The molecule has 2 heterocycles. The van der Waals surface area contributed by atoms with Crippen LogP contribution in [0.15, 0.2) is 41.3 Å². The number of ether oxygens (including phenoxy) is 1. The van der Waals surface area contributed by atoms with Gasteiger partial charge in [-0.3, -0.25) is 0 Å². The van der Waals surface area contributed by atoms with E-state index in [4.69, 9.17) is 9.15 Å². The molecule has 2 aromatic rings. The number of nitrogens with one attached hydrogen (secondary N) is 1. The lowest BCUT2D eigenvalue weighted by atomic mass is 10.1. The molecule has 4 heteroatoms. The van der Waals surface area contributed by atoms with E-state index in [0.717, 1.165) is 43.1 Å². The number of oxazole rings is 1. The lowest BCUT2D eigenvalue weighted by Crippen LogP contribution is -2.27. The molecule has 0 spiro atoms. The molecule has 0 aliphatic carbocycles. The largest absolute Gasteiger partial charge is 0.444 e. The molecule has 18 heavy (non-hydrogen) atoms. The van der Waals surface area contributed by atoms with Crippen molar-refractivity contribution in [1.29, 1.82) is 0 Å². The Morgan fingerprint density at radius 3 is 2.56 bits per heavy atom. The molecule has 0 saturated carbocycles. The van der Waals surface area contributed by atoms with E-state index < -0.39 is 0 Å². The number of hydrogen-bond donors (Lipinski definition) is 1. The van der Waals surface area contributed by atoms with Crippen molar-refractivity contribution < 1.29 is 9.15 Å². The fraction of sp³-hybridized carbons (Fsp3) is 0.357. The molecular weight excluding hydrogens is 228 g/mol. The van der Waals surface area contributed by atoms with Crippen molar-refractivity contribution >= 4 is 5.69 Å². The van der Waals surface area contributed by atoms with E-state index in [1.165, 1.54) is 6.39 Å². The summed E-state index contributed by atoms with van der Waals surface area (Å²) in [7, 11) is 0. The molecule has 1 fully saturated rings. The first-order chi connectivity index (χ1) is 8.92. The van der Waals surface area contributed by atoms with Crippen molar-refractivity contribution in [3.05, 3.63) is 36.9 Å². The van der Waals surface area contributed by atoms with E-state index in [9.17, 15) is 0 Å². The van der Waals surface area contributed by atoms with Crippen molar-refractivity contribution in [2.75, 3.05) is 18.5 Å². The zero-order valence-corrected chi connectivity index (χ0v) is 10.1. The van der Waals surface area contributed by atoms with Crippen LogP contribution >= 0.6 is 0 Å². The van der Waals surface area contributed by atoms with Crippen LogP contribution in [0.4, 0.5) is 5.69 Å². The minimum absolute atomic E-state index is 0.523. The number of hydrogen-bond acceptors (Lipinski definition) is 4. The first-order valence-corrected chi connectivity index (χ1v) is 6.25. The van der Waals surface area contributed by atoms with E-state index in [0.29, 0.717) is 6.04 Å². The highest BCUT2D eigenvalue weighted by Gasteiger charge is 2.13. The Kier molecular flexibility index (Phi) is 3.28. The Labute approximate surface area is 106 Å². The number of aromatic nitrogens is 1. The molecule has 1 N–H and O–H groups in total. The van der Waals surface area contributed by atoms with Crippen LogP contribution in [-0.2, 0) is 4.74 Å². The van der Waals surface area contributed by atoms with Gasteiger partial charge in [-0.15, -0.1) is 0 Å². The second-order valence-corrected chi connectivity index (χ2v) is 4.47. The zero-order chi connectivity index (χ0) is 12.2. The average molecular weight is 244 g/mol. The Balaban J connectivity index is 1.67. The van der Waals surface area contributed by atoms with Gasteiger partial charge < -0.3 is 14.5 Å². The average Bonchev–Trinajstić information content (AvgIpc) is 2.95. The summed E-state index contributed by atoms with van der Waals surface area (Å²) in [5, 5.41) is 3.53. The van der Waals surface area contributed by atoms with Gasteiger partial charge in [0, 0.05) is 30.5 Å². The standard InChI is InChI=1S/C14H16N2O2/c1-3-12(16-13-5-7-17-8-6-13)4-2-11(1)14-9-15-10-18-14/h1-4,9-10,13,16H,5-8H2. The normalized spacial score (nSPS) is 16.7. The summed E-state index contributed by atoms with van der Waals surface area (Å²) < 4.78 is 10.6. The van der Waals surface area contributed by atoms with Crippen molar-refractivity contribution in [3.63, 3.8) is 0 Å². The molecule has 0 radical (unpaired) electrons. The van der Waals surface area contributed by atoms with Crippen molar-refractivity contribution in [2.24, 2.45) is 0 Å². The van der Waals surface area contributed by atoms with Crippen LogP contribution in [0.3, 0.4) is 0 Å².